The van der Waals surface area contributed by atoms with Crippen molar-refractivity contribution >= 4 is 28.3 Å². The van der Waals surface area contributed by atoms with Crippen LogP contribution >= 0.6 is 11.3 Å². The van der Waals surface area contributed by atoms with Crippen LogP contribution in [0.15, 0.2) is 52.6 Å². The Morgan fingerprint density at radius 1 is 1.25 bits per heavy atom. The van der Waals surface area contributed by atoms with Crippen molar-refractivity contribution in [1.29, 1.82) is 0 Å². The number of ether oxygens (including phenoxy) is 1. The monoisotopic (exact) mass is 446 g/mol. The number of pyridine rings is 2. The second kappa shape index (κ2) is 7.97. The molecule has 0 fully saturated rings. The minimum atomic E-state index is -0.745. The van der Waals surface area contributed by atoms with Crippen LogP contribution in [0.25, 0.3) is 33.0 Å². The molecule has 10 heteroatoms. The van der Waals surface area contributed by atoms with E-state index in [0.29, 0.717) is 39.4 Å². The maximum absolute atomic E-state index is 13.2. The number of aryl methyl sites for hydroxylation is 2. The molecule has 0 aliphatic carbocycles. The normalized spacial score (nSPS) is 12.2. The highest BCUT2D eigenvalue weighted by atomic mass is 32.1. The number of hydrogen-bond acceptors (Lipinski definition) is 9. The quantitative estimate of drug-likeness (QED) is 0.366. The molecule has 5 aromatic heterocycles. The average Bonchev–Trinajstić information content (AvgIpc) is 3.55. The van der Waals surface area contributed by atoms with Crippen LogP contribution in [0.2, 0.25) is 0 Å². The fourth-order valence-electron chi connectivity index (χ4n) is 3.44. The Hall–Kier alpha value is -3.92. The lowest BCUT2D eigenvalue weighted by Crippen LogP contribution is -2.11. The van der Waals surface area contributed by atoms with Crippen LogP contribution in [0.1, 0.15) is 35.0 Å². The van der Waals surface area contributed by atoms with Crippen LogP contribution in [0, 0.1) is 6.92 Å². The molecule has 0 bridgehead atoms. The average molecular weight is 446 g/mol. The van der Waals surface area contributed by atoms with Crippen molar-refractivity contribution in [1.82, 2.24) is 29.9 Å². The first kappa shape index (κ1) is 20.0. The molecule has 1 atom stereocenters. The lowest BCUT2D eigenvalue weighted by atomic mass is 10.1. The number of esters is 1. The zero-order valence-electron chi connectivity index (χ0n) is 17.5. The smallest absolute Gasteiger partial charge is 0.339 e. The summed E-state index contributed by atoms with van der Waals surface area (Å²) in [6, 6.07) is 9.25. The minimum Gasteiger partial charge on any atom is -0.449 e. The topological polar surface area (TPSA) is 109 Å². The van der Waals surface area contributed by atoms with Crippen LogP contribution < -0.4 is 0 Å². The maximum Gasteiger partial charge on any atom is 0.339 e. The van der Waals surface area contributed by atoms with Crippen molar-refractivity contribution in [3.05, 3.63) is 65.3 Å². The summed E-state index contributed by atoms with van der Waals surface area (Å²) in [6.45, 7) is 3.53. The minimum absolute atomic E-state index is 0.198. The first-order valence-corrected chi connectivity index (χ1v) is 10.7. The molecular formula is C22H18N6O3S. The Morgan fingerprint density at radius 2 is 2.12 bits per heavy atom. The summed E-state index contributed by atoms with van der Waals surface area (Å²) < 4.78 is 12.7. The number of thiophene rings is 1. The van der Waals surface area contributed by atoms with Gasteiger partial charge in [-0.2, -0.15) is 10.1 Å². The van der Waals surface area contributed by atoms with Gasteiger partial charge in [-0.05, 0) is 43.5 Å². The molecule has 0 aliphatic heterocycles. The summed E-state index contributed by atoms with van der Waals surface area (Å²) in [7, 11) is 1.80. The Kier molecular flexibility index (Phi) is 4.98. The molecule has 0 saturated carbocycles. The van der Waals surface area contributed by atoms with Crippen molar-refractivity contribution in [2.24, 2.45) is 7.05 Å². The highest BCUT2D eigenvalue weighted by molar-refractivity contribution is 7.13. The van der Waals surface area contributed by atoms with Gasteiger partial charge >= 0.3 is 5.97 Å². The fraction of sp³-hybridized carbons (Fsp3) is 0.182. The van der Waals surface area contributed by atoms with Gasteiger partial charge in [0.25, 0.3) is 5.89 Å². The van der Waals surface area contributed by atoms with E-state index in [2.05, 4.69) is 20.2 Å². The summed E-state index contributed by atoms with van der Waals surface area (Å²) in [6.07, 6.45) is 2.55. The number of hydrogen-bond donors (Lipinski definition) is 0. The zero-order chi connectivity index (χ0) is 22.2. The van der Waals surface area contributed by atoms with Crippen LogP contribution in [0.3, 0.4) is 0 Å². The summed E-state index contributed by atoms with van der Waals surface area (Å²) in [4.78, 5) is 27.3. The number of fused-ring (bicyclic) bond motifs is 1. The van der Waals surface area contributed by atoms with E-state index in [4.69, 9.17) is 14.2 Å². The predicted octanol–water partition coefficient (Wildman–Crippen LogP) is 4.37. The SMILES string of the molecule is Cc1nn(C)c2nc(-c3cccs3)cc(C(=O)OC(C)c3nc(-c4cccnc4)no3)c12. The van der Waals surface area contributed by atoms with E-state index in [1.54, 1.807) is 54.5 Å². The molecule has 0 N–H and O–H groups in total. The van der Waals surface area contributed by atoms with E-state index >= 15 is 0 Å². The van der Waals surface area contributed by atoms with Crippen molar-refractivity contribution in [2.45, 2.75) is 20.0 Å². The third-order valence-corrected chi connectivity index (χ3v) is 5.85. The van der Waals surface area contributed by atoms with Crippen molar-refractivity contribution in [2.75, 3.05) is 0 Å². The number of carbonyl (C=O) groups excluding carboxylic acids is 1. The number of aromatic nitrogens is 6. The van der Waals surface area contributed by atoms with E-state index in [9.17, 15) is 4.79 Å². The number of rotatable bonds is 5. The Balaban J connectivity index is 1.48. The van der Waals surface area contributed by atoms with Gasteiger partial charge in [-0.1, -0.05) is 11.2 Å². The summed E-state index contributed by atoms with van der Waals surface area (Å²) >= 11 is 1.55. The van der Waals surface area contributed by atoms with Gasteiger partial charge in [0, 0.05) is 25.0 Å². The molecule has 0 saturated heterocycles. The van der Waals surface area contributed by atoms with Gasteiger partial charge < -0.3 is 9.26 Å². The fourth-order valence-corrected chi connectivity index (χ4v) is 4.13. The van der Waals surface area contributed by atoms with Gasteiger partial charge in [0.05, 0.1) is 27.2 Å². The van der Waals surface area contributed by atoms with Gasteiger partial charge in [0.15, 0.2) is 11.8 Å². The Morgan fingerprint density at radius 3 is 2.88 bits per heavy atom. The van der Waals surface area contributed by atoms with Crippen molar-refractivity contribution < 1.29 is 14.1 Å². The standard InChI is InChI=1S/C22H18N6O3S/c1-12-18-15(10-16(17-7-5-9-32-17)24-20(18)28(3)26-12)22(29)30-13(2)21-25-19(27-31-21)14-6-4-8-23-11-14/h4-11,13H,1-3H3. The van der Waals surface area contributed by atoms with Crippen LogP contribution in [0.4, 0.5) is 0 Å². The van der Waals surface area contributed by atoms with Crippen molar-refractivity contribution in [3.63, 3.8) is 0 Å². The summed E-state index contributed by atoms with van der Waals surface area (Å²) in [5.74, 6) is 0.0641. The van der Waals surface area contributed by atoms with Gasteiger partial charge in [-0.3, -0.25) is 9.67 Å². The summed E-state index contributed by atoms with van der Waals surface area (Å²) in [5, 5.41) is 11.0. The molecule has 5 heterocycles. The highest BCUT2D eigenvalue weighted by Crippen LogP contribution is 2.30. The lowest BCUT2D eigenvalue weighted by Gasteiger charge is -2.11. The van der Waals surface area contributed by atoms with E-state index in [-0.39, 0.29) is 5.89 Å². The van der Waals surface area contributed by atoms with Crippen LogP contribution in [-0.4, -0.2) is 35.9 Å². The molecule has 1 unspecified atom stereocenters. The van der Waals surface area contributed by atoms with Gasteiger partial charge in [-0.25, -0.2) is 9.78 Å². The maximum atomic E-state index is 13.2. The van der Waals surface area contributed by atoms with E-state index in [1.807, 2.05) is 30.5 Å². The predicted molar refractivity (Wildman–Crippen MR) is 118 cm³/mol. The zero-order valence-corrected chi connectivity index (χ0v) is 18.3. The third kappa shape index (κ3) is 3.54. The van der Waals surface area contributed by atoms with Gasteiger partial charge in [-0.15, -0.1) is 11.3 Å². The molecule has 5 aromatic rings. The molecule has 0 aliphatic rings. The van der Waals surface area contributed by atoms with E-state index < -0.39 is 12.1 Å². The van der Waals surface area contributed by atoms with Gasteiger partial charge in [0.1, 0.15) is 0 Å². The van der Waals surface area contributed by atoms with Crippen molar-refractivity contribution in [3.8, 4) is 22.0 Å². The second-order valence-electron chi connectivity index (χ2n) is 7.19. The Labute approximate surface area is 186 Å². The number of carbonyl (C=O) groups is 1. The molecule has 32 heavy (non-hydrogen) atoms. The largest absolute Gasteiger partial charge is 0.449 e. The van der Waals surface area contributed by atoms with E-state index in [1.165, 1.54) is 0 Å². The molecule has 9 nitrogen and oxygen atoms in total. The first-order valence-electron chi connectivity index (χ1n) is 9.84. The summed E-state index contributed by atoms with van der Waals surface area (Å²) in [5.41, 5.74) is 3.10. The molecule has 0 radical (unpaired) electrons. The molecule has 5 rings (SSSR count). The first-order chi connectivity index (χ1) is 15.5. The Bertz CT molecular complexity index is 1410. The highest BCUT2D eigenvalue weighted by Gasteiger charge is 2.25. The second-order valence-corrected chi connectivity index (χ2v) is 8.13. The lowest BCUT2D eigenvalue weighted by molar-refractivity contribution is 0.0267. The van der Waals surface area contributed by atoms with Crippen LogP contribution in [0.5, 0.6) is 0 Å². The molecule has 0 amide bonds. The molecular weight excluding hydrogens is 428 g/mol. The van der Waals surface area contributed by atoms with E-state index in [0.717, 1.165) is 4.88 Å². The molecule has 0 spiro atoms. The number of nitrogens with zero attached hydrogens (tertiary/aromatic N) is 6. The molecule has 0 aromatic carbocycles. The third-order valence-electron chi connectivity index (χ3n) is 4.96. The molecule has 160 valence electrons. The van der Waals surface area contributed by atoms with Crippen LogP contribution in [-0.2, 0) is 11.8 Å². The van der Waals surface area contributed by atoms with Gasteiger partial charge in [0.2, 0.25) is 5.82 Å².